The number of benzene rings is 1. The van der Waals surface area contributed by atoms with Gasteiger partial charge in [-0.2, -0.15) is 0 Å². The third-order valence-corrected chi connectivity index (χ3v) is 5.19. The Hall–Kier alpha value is -2.51. The number of anilines is 1. The Morgan fingerprint density at radius 3 is 2.31 bits per heavy atom. The maximum atomic E-state index is 12.6. The normalized spacial score (nSPS) is 14.9. The molecule has 1 aromatic heterocycles. The van der Waals surface area contributed by atoms with E-state index in [0.29, 0.717) is 44.0 Å². The van der Waals surface area contributed by atoms with Gasteiger partial charge in [0.05, 0.1) is 11.4 Å². The van der Waals surface area contributed by atoms with Crippen molar-refractivity contribution in [3.63, 3.8) is 0 Å². The Morgan fingerprint density at radius 2 is 1.73 bits per heavy atom. The molecular weight excluding hydrogens is 350 g/mol. The van der Waals surface area contributed by atoms with Crippen LogP contribution in [0.25, 0.3) is 0 Å². The van der Waals surface area contributed by atoms with Crippen molar-refractivity contribution in [2.45, 2.75) is 6.92 Å². The second-order valence-corrected chi connectivity index (χ2v) is 7.18. The predicted octanol–water partition coefficient (Wildman–Crippen LogP) is 2.35. The summed E-state index contributed by atoms with van der Waals surface area (Å²) >= 11 is 1.46. The van der Waals surface area contributed by atoms with E-state index >= 15 is 0 Å². The number of rotatable bonds is 5. The van der Waals surface area contributed by atoms with Crippen molar-refractivity contribution in [2.24, 2.45) is 0 Å². The molecular formula is C19H21N3O3S. The minimum atomic E-state index is -0.141. The van der Waals surface area contributed by atoms with Crippen LogP contribution in [0.1, 0.15) is 27.0 Å². The van der Waals surface area contributed by atoms with Crippen LogP contribution in [-0.2, 0) is 4.79 Å². The van der Waals surface area contributed by atoms with Gasteiger partial charge >= 0.3 is 0 Å². The lowest BCUT2D eigenvalue weighted by Crippen LogP contribution is -2.49. The first-order chi connectivity index (χ1) is 12.5. The molecule has 1 N–H and O–H groups in total. The summed E-state index contributed by atoms with van der Waals surface area (Å²) in [5.74, 6) is -0.0331. The molecule has 26 heavy (non-hydrogen) atoms. The zero-order valence-electron chi connectivity index (χ0n) is 14.6. The van der Waals surface area contributed by atoms with Crippen LogP contribution in [0.15, 0.2) is 41.8 Å². The van der Waals surface area contributed by atoms with E-state index in [-0.39, 0.29) is 17.6 Å². The van der Waals surface area contributed by atoms with E-state index in [9.17, 15) is 14.4 Å². The van der Waals surface area contributed by atoms with Crippen molar-refractivity contribution in [3.8, 4) is 0 Å². The topological polar surface area (TPSA) is 69.7 Å². The average molecular weight is 371 g/mol. The zero-order valence-corrected chi connectivity index (χ0v) is 15.4. The SMILES string of the molecule is CC(=O)Nc1ccc(C(=O)N2CCN(CC(=O)c3cccs3)CC2)cc1. The molecule has 7 heteroatoms. The fraction of sp³-hybridized carbons (Fsp3) is 0.316. The minimum absolute atomic E-state index is 0.0244. The molecule has 1 aliphatic heterocycles. The molecule has 0 spiro atoms. The highest BCUT2D eigenvalue weighted by molar-refractivity contribution is 7.12. The molecule has 3 rings (SSSR count). The van der Waals surface area contributed by atoms with Crippen molar-refractivity contribution in [3.05, 3.63) is 52.2 Å². The number of amides is 2. The lowest BCUT2D eigenvalue weighted by atomic mass is 10.1. The Bertz CT molecular complexity index is 779. The molecule has 1 aromatic carbocycles. The van der Waals surface area contributed by atoms with Gasteiger partial charge < -0.3 is 10.2 Å². The molecule has 0 atom stereocenters. The third-order valence-electron chi connectivity index (χ3n) is 4.27. The van der Waals surface area contributed by atoms with E-state index in [0.717, 1.165) is 4.88 Å². The van der Waals surface area contributed by atoms with Crippen LogP contribution in [0.3, 0.4) is 0 Å². The van der Waals surface area contributed by atoms with Gasteiger partial charge in [-0.3, -0.25) is 19.3 Å². The largest absolute Gasteiger partial charge is 0.336 e. The zero-order chi connectivity index (χ0) is 18.5. The summed E-state index contributed by atoms with van der Waals surface area (Å²) in [6, 6.07) is 10.6. The summed E-state index contributed by atoms with van der Waals surface area (Å²) in [4.78, 5) is 40.5. The first-order valence-electron chi connectivity index (χ1n) is 8.49. The second kappa shape index (κ2) is 8.25. The Kier molecular flexibility index (Phi) is 5.80. The Labute approximate surface area is 156 Å². The monoisotopic (exact) mass is 371 g/mol. The molecule has 6 nitrogen and oxygen atoms in total. The van der Waals surface area contributed by atoms with E-state index in [2.05, 4.69) is 10.2 Å². The summed E-state index contributed by atoms with van der Waals surface area (Å²) in [6.45, 7) is 4.42. The van der Waals surface area contributed by atoms with Crippen molar-refractivity contribution >= 4 is 34.6 Å². The van der Waals surface area contributed by atoms with Crippen molar-refractivity contribution in [1.82, 2.24) is 9.80 Å². The molecule has 136 valence electrons. The average Bonchev–Trinajstić information content (AvgIpc) is 3.17. The molecule has 2 amide bonds. The highest BCUT2D eigenvalue weighted by Gasteiger charge is 2.23. The fourth-order valence-corrected chi connectivity index (χ4v) is 3.57. The number of hydrogen-bond acceptors (Lipinski definition) is 5. The smallest absolute Gasteiger partial charge is 0.253 e. The minimum Gasteiger partial charge on any atom is -0.336 e. The van der Waals surface area contributed by atoms with Crippen LogP contribution in [-0.4, -0.2) is 60.1 Å². The number of nitrogens with one attached hydrogen (secondary N) is 1. The quantitative estimate of drug-likeness (QED) is 0.819. The first kappa shape index (κ1) is 18.3. The molecule has 1 aliphatic rings. The molecule has 1 fully saturated rings. The standard InChI is InChI=1S/C19H21N3O3S/c1-14(23)20-16-6-4-15(5-7-16)19(25)22-10-8-21(9-11-22)13-17(24)18-3-2-12-26-18/h2-7,12H,8-11,13H2,1H3,(H,20,23). The molecule has 1 saturated heterocycles. The number of thiophene rings is 1. The van der Waals surface area contributed by atoms with Gasteiger partial charge in [0, 0.05) is 44.4 Å². The van der Waals surface area contributed by atoms with Crippen LogP contribution in [0.5, 0.6) is 0 Å². The second-order valence-electron chi connectivity index (χ2n) is 6.23. The van der Waals surface area contributed by atoms with E-state index in [1.807, 2.05) is 17.5 Å². The van der Waals surface area contributed by atoms with Gasteiger partial charge in [0.15, 0.2) is 5.78 Å². The van der Waals surface area contributed by atoms with Gasteiger partial charge in [-0.25, -0.2) is 0 Å². The third kappa shape index (κ3) is 4.56. The fourth-order valence-electron chi connectivity index (χ4n) is 2.91. The number of carbonyl (C=O) groups excluding carboxylic acids is 3. The van der Waals surface area contributed by atoms with E-state index in [1.165, 1.54) is 18.3 Å². The molecule has 2 aromatic rings. The maximum Gasteiger partial charge on any atom is 0.253 e. The summed E-state index contributed by atoms with van der Waals surface area (Å²) in [6.07, 6.45) is 0. The molecule has 0 radical (unpaired) electrons. The first-order valence-corrected chi connectivity index (χ1v) is 9.37. The highest BCUT2D eigenvalue weighted by Crippen LogP contribution is 2.14. The summed E-state index contributed by atoms with van der Waals surface area (Å²) < 4.78 is 0. The number of carbonyl (C=O) groups is 3. The van der Waals surface area contributed by atoms with E-state index in [1.54, 1.807) is 29.2 Å². The summed E-state index contributed by atoms with van der Waals surface area (Å²) in [5.41, 5.74) is 1.27. The van der Waals surface area contributed by atoms with E-state index in [4.69, 9.17) is 0 Å². The number of hydrogen-bond donors (Lipinski definition) is 1. The number of nitrogens with zero attached hydrogens (tertiary/aromatic N) is 2. The van der Waals surface area contributed by atoms with Crippen LogP contribution >= 0.6 is 11.3 Å². The van der Waals surface area contributed by atoms with Gasteiger partial charge in [0.25, 0.3) is 5.91 Å². The lowest BCUT2D eigenvalue weighted by Gasteiger charge is -2.34. The van der Waals surface area contributed by atoms with Crippen LogP contribution < -0.4 is 5.32 Å². The van der Waals surface area contributed by atoms with Crippen LogP contribution in [0.4, 0.5) is 5.69 Å². The molecule has 0 aliphatic carbocycles. The number of Topliss-reactive ketones (excluding diaryl/α,β-unsaturated/α-hetero) is 1. The van der Waals surface area contributed by atoms with Gasteiger partial charge in [-0.15, -0.1) is 11.3 Å². The lowest BCUT2D eigenvalue weighted by molar-refractivity contribution is -0.114. The van der Waals surface area contributed by atoms with E-state index < -0.39 is 0 Å². The molecule has 2 heterocycles. The van der Waals surface area contributed by atoms with Gasteiger partial charge in [-0.1, -0.05) is 6.07 Å². The summed E-state index contributed by atoms with van der Waals surface area (Å²) in [7, 11) is 0. The van der Waals surface area contributed by atoms with Gasteiger partial charge in [0.1, 0.15) is 0 Å². The van der Waals surface area contributed by atoms with Crippen LogP contribution in [0.2, 0.25) is 0 Å². The Balaban J connectivity index is 1.51. The molecule has 0 bridgehead atoms. The summed E-state index contributed by atoms with van der Waals surface area (Å²) in [5, 5.41) is 4.59. The highest BCUT2D eigenvalue weighted by atomic mass is 32.1. The number of piperazine rings is 1. The predicted molar refractivity (Wildman–Crippen MR) is 102 cm³/mol. The van der Waals surface area contributed by atoms with Crippen molar-refractivity contribution in [1.29, 1.82) is 0 Å². The van der Waals surface area contributed by atoms with Crippen molar-refractivity contribution in [2.75, 3.05) is 38.0 Å². The van der Waals surface area contributed by atoms with Crippen molar-refractivity contribution < 1.29 is 14.4 Å². The molecule has 0 saturated carbocycles. The van der Waals surface area contributed by atoms with Gasteiger partial charge in [0.2, 0.25) is 5.91 Å². The van der Waals surface area contributed by atoms with Crippen LogP contribution in [0, 0.1) is 0 Å². The Morgan fingerprint density at radius 1 is 1.04 bits per heavy atom. The molecule has 0 unspecified atom stereocenters. The van der Waals surface area contributed by atoms with Gasteiger partial charge in [-0.05, 0) is 35.7 Å². The maximum absolute atomic E-state index is 12.6. The number of ketones is 1.